The normalized spacial score (nSPS) is 16.8. The number of aryl methyl sites for hydroxylation is 1. The quantitative estimate of drug-likeness (QED) is 0.614. The van der Waals surface area contributed by atoms with Crippen LogP contribution in [0.15, 0.2) is 18.0 Å². The molecular formula is C19H24N4O. The third kappa shape index (κ3) is 4.49. The number of hydrogen-bond acceptors (Lipinski definition) is 4. The molecule has 24 heavy (non-hydrogen) atoms. The van der Waals surface area contributed by atoms with Gasteiger partial charge in [0.2, 0.25) is 0 Å². The molecule has 1 unspecified atom stereocenters. The van der Waals surface area contributed by atoms with Gasteiger partial charge in [-0.25, -0.2) is 4.68 Å². The summed E-state index contributed by atoms with van der Waals surface area (Å²) in [7, 11) is 0. The van der Waals surface area contributed by atoms with Crippen LogP contribution in [0.3, 0.4) is 0 Å². The molecule has 5 nitrogen and oxygen atoms in total. The monoisotopic (exact) mass is 324 g/mol. The molecule has 0 saturated carbocycles. The first-order chi connectivity index (χ1) is 11.7. The van der Waals surface area contributed by atoms with Crippen LogP contribution in [0.25, 0.3) is 0 Å². The van der Waals surface area contributed by atoms with Crippen molar-refractivity contribution in [2.45, 2.75) is 58.9 Å². The molecule has 0 radical (unpaired) electrons. The van der Waals surface area contributed by atoms with E-state index >= 15 is 0 Å². The molecule has 0 bridgehead atoms. The Hall–Kier alpha value is -2.53. The van der Waals surface area contributed by atoms with Crippen molar-refractivity contribution in [1.82, 2.24) is 9.78 Å². The van der Waals surface area contributed by atoms with Crippen molar-refractivity contribution in [2.24, 2.45) is 5.92 Å². The van der Waals surface area contributed by atoms with E-state index in [2.05, 4.69) is 35.2 Å². The van der Waals surface area contributed by atoms with Crippen molar-refractivity contribution in [3.8, 4) is 17.9 Å². The van der Waals surface area contributed by atoms with Crippen LogP contribution in [0.2, 0.25) is 0 Å². The molecule has 1 aromatic rings. The zero-order valence-electron chi connectivity index (χ0n) is 14.4. The lowest BCUT2D eigenvalue weighted by atomic mass is 9.89. The summed E-state index contributed by atoms with van der Waals surface area (Å²) in [5, 5.41) is 16.8. The van der Waals surface area contributed by atoms with Gasteiger partial charge in [-0.1, -0.05) is 19.8 Å². The van der Waals surface area contributed by atoms with Crippen LogP contribution in [0.4, 0.5) is 5.82 Å². The SMILES string of the molecule is CC#CCC1CCC(Nc2c(C#N)cnn2CCCCC)=CC1=O. The lowest BCUT2D eigenvalue weighted by molar-refractivity contribution is -0.118. The minimum Gasteiger partial charge on any atom is -0.343 e. The van der Waals surface area contributed by atoms with Crippen LogP contribution < -0.4 is 5.32 Å². The van der Waals surface area contributed by atoms with E-state index in [1.165, 1.54) is 0 Å². The predicted octanol–water partition coefficient (Wildman–Crippen LogP) is 3.63. The topological polar surface area (TPSA) is 70.7 Å². The second-order valence-electron chi connectivity index (χ2n) is 6.01. The third-order valence-corrected chi connectivity index (χ3v) is 4.22. The van der Waals surface area contributed by atoms with Gasteiger partial charge in [-0.05, 0) is 26.2 Å². The molecule has 5 heteroatoms. The summed E-state index contributed by atoms with van der Waals surface area (Å²) in [4.78, 5) is 12.2. The average Bonchev–Trinajstić information content (AvgIpc) is 2.96. The molecule has 0 amide bonds. The minimum atomic E-state index is -0.00657. The van der Waals surface area contributed by atoms with Gasteiger partial charge in [0.15, 0.2) is 5.78 Å². The summed E-state index contributed by atoms with van der Waals surface area (Å²) in [5.41, 5.74) is 1.37. The number of carbonyl (C=O) groups excluding carboxylic acids is 1. The van der Waals surface area contributed by atoms with Crippen LogP contribution >= 0.6 is 0 Å². The van der Waals surface area contributed by atoms with Crippen molar-refractivity contribution >= 4 is 11.6 Å². The van der Waals surface area contributed by atoms with Gasteiger partial charge in [0.1, 0.15) is 17.5 Å². The van der Waals surface area contributed by atoms with Gasteiger partial charge < -0.3 is 5.32 Å². The zero-order chi connectivity index (χ0) is 17.4. The Morgan fingerprint density at radius 3 is 2.96 bits per heavy atom. The molecule has 1 aliphatic rings. The van der Waals surface area contributed by atoms with Crippen molar-refractivity contribution in [3.05, 3.63) is 23.5 Å². The van der Waals surface area contributed by atoms with Crippen LogP contribution in [-0.2, 0) is 11.3 Å². The van der Waals surface area contributed by atoms with E-state index in [1.807, 2.05) is 4.68 Å². The van der Waals surface area contributed by atoms with Gasteiger partial charge in [0.05, 0.1) is 6.20 Å². The second kappa shape index (κ2) is 8.93. The van der Waals surface area contributed by atoms with E-state index in [0.717, 1.165) is 44.3 Å². The molecule has 0 aromatic carbocycles. The molecule has 1 aliphatic carbocycles. The number of carbonyl (C=O) groups is 1. The van der Waals surface area contributed by atoms with E-state index < -0.39 is 0 Å². The summed E-state index contributed by atoms with van der Waals surface area (Å²) in [6, 6.07) is 2.17. The number of unbranched alkanes of at least 4 members (excludes halogenated alkanes) is 2. The lowest BCUT2D eigenvalue weighted by Gasteiger charge is -2.20. The molecule has 0 aliphatic heterocycles. The van der Waals surface area contributed by atoms with E-state index in [4.69, 9.17) is 0 Å². The number of anilines is 1. The highest BCUT2D eigenvalue weighted by Crippen LogP contribution is 2.26. The Morgan fingerprint density at radius 1 is 1.46 bits per heavy atom. The maximum Gasteiger partial charge on any atom is 0.161 e. The summed E-state index contributed by atoms with van der Waals surface area (Å²) in [6.07, 6.45) is 8.73. The number of nitriles is 1. The number of hydrogen-bond donors (Lipinski definition) is 1. The maximum absolute atomic E-state index is 12.2. The molecule has 0 fully saturated rings. The predicted molar refractivity (Wildman–Crippen MR) is 94.0 cm³/mol. The Bertz CT molecular complexity index is 712. The molecule has 2 rings (SSSR count). The van der Waals surface area contributed by atoms with Gasteiger partial charge in [0.25, 0.3) is 0 Å². The van der Waals surface area contributed by atoms with Crippen LogP contribution in [-0.4, -0.2) is 15.6 Å². The fourth-order valence-electron chi connectivity index (χ4n) is 2.79. The Morgan fingerprint density at radius 2 is 2.29 bits per heavy atom. The maximum atomic E-state index is 12.2. The fraction of sp³-hybridized carbons (Fsp3) is 0.526. The van der Waals surface area contributed by atoms with Crippen molar-refractivity contribution in [2.75, 3.05) is 5.32 Å². The van der Waals surface area contributed by atoms with Gasteiger partial charge in [0, 0.05) is 30.7 Å². The Labute approximate surface area is 143 Å². The van der Waals surface area contributed by atoms with Crippen LogP contribution in [0.5, 0.6) is 0 Å². The molecule has 1 aromatic heterocycles. The molecular weight excluding hydrogens is 300 g/mol. The highest BCUT2D eigenvalue weighted by molar-refractivity contribution is 5.94. The summed E-state index contributed by atoms with van der Waals surface area (Å²) in [5.74, 6) is 6.63. The van der Waals surface area contributed by atoms with Gasteiger partial charge >= 0.3 is 0 Å². The Kier molecular flexibility index (Phi) is 6.63. The summed E-state index contributed by atoms with van der Waals surface area (Å²) >= 11 is 0. The third-order valence-electron chi connectivity index (χ3n) is 4.22. The highest BCUT2D eigenvalue weighted by atomic mass is 16.1. The van der Waals surface area contributed by atoms with E-state index in [1.54, 1.807) is 19.2 Å². The van der Waals surface area contributed by atoms with Crippen molar-refractivity contribution < 1.29 is 4.79 Å². The number of allylic oxidation sites excluding steroid dienone is 2. The molecule has 1 heterocycles. The molecule has 1 N–H and O–H groups in total. The molecule has 0 spiro atoms. The zero-order valence-corrected chi connectivity index (χ0v) is 14.4. The van der Waals surface area contributed by atoms with Crippen molar-refractivity contribution in [3.63, 3.8) is 0 Å². The Balaban J connectivity index is 2.10. The van der Waals surface area contributed by atoms with Crippen LogP contribution in [0, 0.1) is 29.1 Å². The lowest BCUT2D eigenvalue weighted by Crippen LogP contribution is -2.20. The van der Waals surface area contributed by atoms with Crippen LogP contribution in [0.1, 0.15) is 57.9 Å². The molecule has 126 valence electrons. The summed E-state index contributed by atoms with van der Waals surface area (Å²) < 4.78 is 1.83. The van der Waals surface area contributed by atoms with Gasteiger partial charge in [-0.2, -0.15) is 10.4 Å². The molecule has 1 atom stereocenters. The van der Waals surface area contributed by atoms with E-state index in [0.29, 0.717) is 17.8 Å². The first kappa shape index (κ1) is 17.8. The number of ketones is 1. The van der Waals surface area contributed by atoms with Gasteiger partial charge in [-0.15, -0.1) is 11.8 Å². The largest absolute Gasteiger partial charge is 0.343 e. The molecule has 0 saturated heterocycles. The standard InChI is InChI=1S/C19H24N4O/c1-3-5-7-11-23-19(16(13-20)14-21-23)22-17-10-9-15(8-6-4-2)18(24)12-17/h12,14-15,22H,3,5,7-11H2,1-2H3. The number of aromatic nitrogens is 2. The first-order valence-electron chi connectivity index (χ1n) is 8.56. The number of nitrogens with zero attached hydrogens (tertiary/aromatic N) is 3. The minimum absolute atomic E-state index is 0.00657. The summed E-state index contributed by atoms with van der Waals surface area (Å²) in [6.45, 7) is 4.72. The number of rotatable bonds is 7. The highest BCUT2D eigenvalue weighted by Gasteiger charge is 2.22. The van der Waals surface area contributed by atoms with E-state index in [-0.39, 0.29) is 11.7 Å². The smallest absolute Gasteiger partial charge is 0.161 e. The number of nitrogens with one attached hydrogen (secondary N) is 1. The van der Waals surface area contributed by atoms with Gasteiger partial charge in [-0.3, -0.25) is 4.79 Å². The average molecular weight is 324 g/mol. The fourth-order valence-corrected chi connectivity index (χ4v) is 2.79. The van der Waals surface area contributed by atoms with E-state index in [9.17, 15) is 10.1 Å². The first-order valence-corrected chi connectivity index (χ1v) is 8.56. The van der Waals surface area contributed by atoms with Crippen molar-refractivity contribution in [1.29, 1.82) is 5.26 Å². The second-order valence-corrected chi connectivity index (χ2v) is 6.01.